The van der Waals surface area contributed by atoms with Crippen LogP contribution in [0.4, 0.5) is 13.2 Å². The van der Waals surface area contributed by atoms with Crippen LogP contribution in [0.5, 0.6) is 0 Å². The van der Waals surface area contributed by atoms with E-state index < -0.39 is 11.7 Å². The minimum absolute atomic E-state index is 0.000200. The van der Waals surface area contributed by atoms with Gasteiger partial charge in [0.15, 0.2) is 0 Å². The molecule has 0 bridgehead atoms. The Morgan fingerprint density at radius 3 is 2.19 bits per heavy atom. The van der Waals surface area contributed by atoms with Gasteiger partial charge in [-0.25, -0.2) is 0 Å². The Kier molecular flexibility index (Phi) is 2.40. The molecule has 16 heavy (non-hydrogen) atoms. The number of rotatable bonds is 2. The molecule has 0 spiro atoms. The highest BCUT2D eigenvalue weighted by molar-refractivity contribution is 5.81. The summed E-state index contributed by atoms with van der Waals surface area (Å²) in [7, 11) is 0. The van der Waals surface area contributed by atoms with Gasteiger partial charge in [0.1, 0.15) is 0 Å². The molecule has 0 aliphatic heterocycles. The zero-order valence-electron chi connectivity index (χ0n) is 8.29. The van der Waals surface area contributed by atoms with Crippen LogP contribution >= 0.6 is 0 Å². The second-order valence-electron chi connectivity index (χ2n) is 3.97. The smallest absolute Gasteiger partial charge is 0.369 e. The molecule has 1 saturated carbocycles. The van der Waals surface area contributed by atoms with Crippen molar-refractivity contribution >= 4 is 5.91 Å². The fourth-order valence-electron chi connectivity index (χ4n) is 1.80. The summed E-state index contributed by atoms with van der Waals surface area (Å²) in [6.07, 6.45) is -3.67. The molecule has 2 N–H and O–H groups in total. The highest BCUT2D eigenvalue weighted by Crippen LogP contribution is 2.47. The Morgan fingerprint density at radius 1 is 1.25 bits per heavy atom. The summed E-state index contributed by atoms with van der Waals surface area (Å²) >= 11 is 0. The van der Waals surface area contributed by atoms with Crippen LogP contribution in [0.3, 0.4) is 0 Å². The van der Waals surface area contributed by atoms with Gasteiger partial charge in [-0.3, -0.25) is 4.79 Å². The van der Waals surface area contributed by atoms with Gasteiger partial charge in [0, 0.05) is 5.92 Å². The number of nitrogens with two attached hydrogens (primary N) is 1. The Labute approximate surface area is 90.2 Å². The van der Waals surface area contributed by atoms with E-state index in [1.54, 1.807) is 0 Å². The third kappa shape index (κ3) is 2.03. The summed E-state index contributed by atoms with van der Waals surface area (Å²) in [4.78, 5) is 10.8. The van der Waals surface area contributed by atoms with Crippen molar-refractivity contribution in [3.63, 3.8) is 0 Å². The molecule has 2 rings (SSSR count). The van der Waals surface area contributed by atoms with Crippen molar-refractivity contribution < 1.29 is 18.0 Å². The molecule has 5 heteroatoms. The fraction of sp³-hybridized carbons (Fsp3) is 0.364. The summed E-state index contributed by atoms with van der Waals surface area (Å²) < 4.78 is 36.8. The lowest BCUT2D eigenvalue weighted by Gasteiger charge is -2.07. The molecule has 1 amide bonds. The molecule has 2 atom stereocenters. The molecule has 86 valence electrons. The minimum atomic E-state index is -4.31. The molecule has 0 heterocycles. The zero-order valence-corrected chi connectivity index (χ0v) is 8.29. The largest absolute Gasteiger partial charge is 0.416 e. The highest BCUT2D eigenvalue weighted by Gasteiger charge is 2.42. The topological polar surface area (TPSA) is 43.1 Å². The maximum Gasteiger partial charge on any atom is 0.416 e. The van der Waals surface area contributed by atoms with E-state index in [4.69, 9.17) is 5.73 Å². The van der Waals surface area contributed by atoms with Gasteiger partial charge >= 0.3 is 6.18 Å². The number of primary amides is 1. The number of carbonyl (C=O) groups excluding carboxylic acids is 1. The quantitative estimate of drug-likeness (QED) is 0.830. The molecule has 1 aliphatic rings. The molecule has 1 aromatic carbocycles. The van der Waals surface area contributed by atoms with Gasteiger partial charge in [-0.05, 0) is 30.0 Å². The third-order valence-corrected chi connectivity index (χ3v) is 2.82. The second-order valence-corrected chi connectivity index (χ2v) is 3.97. The predicted octanol–water partition coefficient (Wildman–Crippen LogP) is 2.29. The Morgan fingerprint density at radius 2 is 1.81 bits per heavy atom. The first kappa shape index (κ1) is 11.0. The van der Waals surface area contributed by atoms with E-state index in [0.29, 0.717) is 6.42 Å². The first-order valence-electron chi connectivity index (χ1n) is 4.86. The summed E-state index contributed by atoms with van der Waals surface area (Å²) in [5, 5.41) is 0. The number of hydrogen-bond donors (Lipinski definition) is 1. The highest BCUT2D eigenvalue weighted by atomic mass is 19.4. The van der Waals surface area contributed by atoms with Gasteiger partial charge in [-0.1, -0.05) is 12.1 Å². The van der Waals surface area contributed by atoms with E-state index in [0.717, 1.165) is 17.7 Å². The molecule has 0 unspecified atom stereocenters. The van der Waals surface area contributed by atoms with Crippen LogP contribution in [0.15, 0.2) is 24.3 Å². The molecule has 1 aromatic rings. The molecule has 2 nitrogen and oxygen atoms in total. The van der Waals surface area contributed by atoms with Gasteiger partial charge in [-0.2, -0.15) is 13.2 Å². The van der Waals surface area contributed by atoms with Gasteiger partial charge in [0.2, 0.25) is 5.91 Å². The normalized spacial score (nSPS) is 24.2. The lowest BCUT2D eigenvalue weighted by Crippen LogP contribution is -2.13. The molecule has 1 aliphatic carbocycles. The summed E-state index contributed by atoms with van der Waals surface area (Å²) in [6.45, 7) is 0. The number of carbonyl (C=O) groups is 1. The van der Waals surface area contributed by atoms with Crippen LogP contribution in [0, 0.1) is 5.92 Å². The molecule has 0 saturated heterocycles. The van der Waals surface area contributed by atoms with Crippen molar-refractivity contribution in [3.05, 3.63) is 35.4 Å². The SMILES string of the molecule is NC(=O)[C@H]1C[C@@H]1c1ccc(C(F)(F)F)cc1. The number of amides is 1. The van der Waals surface area contributed by atoms with Crippen LogP contribution in [0.1, 0.15) is 23.5 Å². The van der Waals surface area contributed by atoms with E-state index in [1.165, 1.54) is 12.1 Å². The Hall–Kier alpha value is -1.52. The maximum atomic E-state index is 12.3. The van der Waals surface area contributed by atoms with Gasteiger partial charge in [-0.15, -0.1) is 0 Å². The zero-order chi connectivity index (χ0) is 11.9. The first-order chi connectivity index (χ1) is 7.39. The van der Waals surface area contributed by atoms with Crippen LogP contribution in [-0.4, -0.2) is 5.91 Å². The number of halogens is 3. The lowest BCUT2D eigenvalue weighted by molar-refractivity contribution is -0.137. The number of benzene rings is 1. The lowest BCUT2D eigenvalue weighted by atomic mass is 10.1. The van der Waals surface area contributed by atoms with Crippen molar-refractivity contribution in [3.8, 4) is 0 Å². The van der Waals surface area contributed by atoms with Crippen molar-refractivity contribution in [2.75, 3.05) is 0 Å². The molecular weight excluding hydrogens is 219 g/mol. The van der Waals surface area contributed by atoms with E-state index in [1.807, 2.05) is 0 Å². The molecule has 0 aromatic heterocycles. The first-order valence-corrected chi connectivity index (χ1v) is 4.86. The van der Waals surface area contributed by atoms with E-state index >= 15 is 0 Å². The van der Waals surface area contributed by atoms with Gasteiger partial charge < -0.3 is 5.73 Å². The molecule has 0 radical (unpaired) electrons. The number of hydrogen-bond acceptors (Lipinski definition) is 1. The average Bonchev–Trinajstić information content (AvgIpc) is 2.96. The van der Waals surface area contributed by atoms with Crippen molar-refractivity contribution in [2.45, 2.75) is 18.5 Å². The van der Waals surface area contributed by atoms with Crippen LogP contribution in [-0.2, 0) is 11.0 Å². The monoisotopic (exact) mass is 229 g/mol. The van der Waals surface area contributed by atoms with E-state index in [9.17, 15) is 18.0 Å². The standard InChI is InChI=1S/C11H10F3NO/c12-11(13,14)7-3-1-6(2-4-7)8-5-9(8)10(15)16/h1-4,8-9H,5H2,(H2,15,16)/t8-,9+/m1/s1. The summed E-state index contributed by atoms with van der Waals surface area (Å²) in [5.74, 6) is -0.596. The second kappa shape index (κ2) is 3.50. The van der Waals surface area contributed by atoms with Crippen molar-refractivity contribution in [2.24, 2.45) is 11.7 Å². The predicted molar refractivity (Wildman–Crippen MR) is 51.5 cm³/mol. The van der Waals surface area contributed by atoms with Crippen molar-refractivity contribution in [1.82, 2.24) is 0 Å². The van der Waals surface area contributed by atoms with Gasteiger partial charge in [0.05, 0.1) is 5.56 Å². The van der Waals surface area contributed by atoms with E-state index in [2.05, 4.69) is 0 Å². The van der Waals surface area contributed by atoms with Crippen molar-refractivity contribution in [1.29, 1.82) is 0 Å². The minimum Gasteiger partial charge on any atom is -0.369 e. The molecular formula is C11H10F3NO. The van der Waals surface area contributed by atoms with Crippen LogP contribution in [0.25, 0.3) is 0 Å². The van der Waals surface area contributed by atoms with Crippen LogP contribution < -0.4 is 5.73 Å². The van der Waals surface area contributed by atoms with Gasteiger partial charge in [0.25, 0.3) is 0 Å². The van der Waals surface area contributed by atoms with Crippen LogP contribution in [0.2, 0.25) is 0 Å². The summed E-state index contributed by atoms with van der Waals surface area (Å²) in [5.41, 5.74) is 5.18. The average molecular weight is 229 g/mol. The third-order valence-electron chi connectivity index (χ3n) is 2.82. The molecule has 1 fully saturated rings. The maximum absolute atomic E-state index is 12.3. The fourth-order valence-corrected chi connectivity index (χ4v) is 1.80. The van der Waals surface area contributed by atoms with E-state index in [-0.39, 0.29) is 17.7 Å². The Bertz CT molecular complexity index is 410. The summed E-state index contributed by atoms with van der Waals surface area (Å²) in [6, 6.07) is 4.89. The number of alkyl halides is 3. The Balaban J connectivity index is 2.13.